The molecule has 2 aromatic carbocycles. The third-order valence-electron chi connectivity index (χ3n) is 5.88. The molecule has 1 atom stereocenters. The zero-order chi connectivity index (χ0) is 24.3. The highest BCUT2D eigenvalue weighted by Gasteiger charge is 2.31. The van der Waals surface area contributed by atoms with Gasteiger partial charge in [-0.2, -0.15) is 4.31 Å². The summed E-state index contributed by atoms with van der Waals surface area (Å²) in [5.74, 6) is -0.327. The number of nitrogens with zero attached hydrogens (tertiary/aromatic N) is 2. The Hall–Kier alpha value is -3.21. The van der Waals surface area contributed by atoms with Crippen LogP contribution in [-0.2, 0) is 24.3 Å². The van der Waals surface area contributed by atoms with Crippen LogP contribution in [0.25, 0.3) is 6.08 Å². The molecule has 9 nitrogen and oxygen atoms in total. The largest absolute Gasteiger partial charge is 0.495 e. The van der Waals surface area contributed by atoms with E-state index in [0.29, 0.717) is 18.9 Å². The minimum absolute atomic E-state index is 0.0124. The van der Waals surface area contributed by atoms with Gasteiger partial charge in [-0.15, -0.1) is 0 Å². The standard InChI is InChI=1S/C24H27N3O6S/c1-17(28)27-10-9-18-5-3-4-6-20(18)21(27)16-24(29)25-19-7-8-22(32-2)23(15-19)34(30,31)26-11-13-33-14-12-26/h3-10,15,21H,11-14,16H2,1-2H3,(H,25,29)/t21-/m0/s1. The normalized spacial score (nSPS) is 18.3. The molecule has 2 aliphatic heterocycles. The SMILES string of the molecule is COc1ccc(NC(=O)C[C@H]2c3ccccc3C=CN2C(C)=O)cc1S(=O)(=O)N1CCOCC1. The molecule has 0 aromatic heterocycles. The van der Waals surface area contributed by atoms with Gasteiger partial charge < -0.3 is 19.7 Å². The fourth-order valence-electron chi connectivity index (χ4n) is 4.18. The first-order valence-electron chi connectivity index (χ1n) is 10.9. The number of hydrogen-bond acceptors (Lipinski definition) is 6. The number of sulfonamides is 1. The van der Waals surface area contributed by atoms with Crippen LogP contribution in [0.1, 0.15) is 30.5 Å². The molecule has 1 saturated heterocycles. The van der Waals surface area contributed by atoms with Crippen LogP contribution in [0.2, 0.25) is 0 Å². The van der Waals surface area contributed by atoms with E-state index in [0.717, 1.165) is 11.1 Å². The smallest absolute Gasteiger partial charge is 0.246 e. The molecule has 0 saturated carbocycles. The van der Waals surface area contributed by atoms with Gasteiger partial charge in [-0.25, -0.2) is 8.42 Å². The van der Waals surface area contributed by atoms with E-state index >= 15 is 0 Å². The number of fused-ring (bicyclic) bond motifs is 1. The Morgan fingerprint density at radius 1 is 1.15 bits per heavy atom. The fourth-order valence-corrected chi connectivity index (χ4v) is 5.77. The van der Waals surface area contributed by atoms with Gasteiger partial charge in [0.1, 0.15) is 10.6 Å². The third-order valence-corrected chi connectivity index (χ3v) is 7.80. The van der Waals surface area contributed by atoms with Crippen molar-refractivity contribution < 1.29 is 27.5 Å². The van der Waals surface area contributed by atoms with Crippen LogP contribution < -0.4 is 10.1 Å². The van der Waals surface area contributed by atoms with E-state index < -0.39 is 16.1 Å². The van der Waals surface area contributed by atoms with Crippen molar-refractivity contribution in [1.29, 1.82) is 0 Å². The first-order valence-corrected chi connectivity index (χ1v) is 12.4. The number of hydrogen-bond donors (Lipinski definition) is 1. The zero-order valence-electron chi connectivity index (χ0n) is 19.1. The maximum atomic E-state index is 13.2. The first-order chi connectivity index (χ1) is 16.3. The minimum Gasteiger partial charge on any atom is -0.495 e. The molecule has 0 radical (unpaired) electrons. The average molecular weight is 486 g/mol. The minimum atomic E-state index is -3.84. The van der Waals surface area contributed by atoms with E-state index in [4.69, 9.17) is 9.47 Å². The van der Waals surface area contributed by atoms with Crippen LogP contribution in [0.5, 0.6) is 5.75 Å². The lowest BCUT2D eigenvalue weighted by molar-refractivity contribution is -0.129. The van der Waals surface area contributed by atoms with Crippen LogP contribution in [-0.4, -0.2) is 62.9 Å². The van der Waals surface area contributed by atoms with Crippen molar-refractivity contribution in [1.82, 2.24) is 9.21 Å². The molecule has 0 aliphatic carbocycles. The van der Waals surface area contributed by atoms with Gasteiger partial charge in [0.05, 0.1) is 32.8 Å². The highest BCUT2D eigenvalue weighted by molar-refractivity contribution is 7.89. The number of nitrogens with one attached hydrogen (secondary N) is 1. The van der Waals surface area contributed by atoms with Crippen LogP contribution in [0.3, 0.4) is 0 Å². The molecule has 1 fully saturated rings. The molecular weight excluding hydrogens is 458 g/mol. The molecule has 180 valence electrons. The quantitative estimate of drug-likeness (QED) is 0.674. The Morgan fingerprint density at radius 2 is 1.88 bits per heavy atom. The molecule has 1 N–H and O–H groups in total. The summed E-state index contributed by atoms with van der Waals surface area (Å²) >= 11 is 0. The lowest BCUT2D eigenvalue weighted by atomic mass is 9.93. The summed E-state index contributed by atoms with van der Waals surface area (Å²) in [7, 11) is -2.44. The van der Waals surface area contributed by atoms with Crippen LogP contribution in [0.4, 0.5) is 5.69 Å². The van der Waals surface area contributed by atoms with Crippen molar-refractivity contribution in [3.8, 4) is 5.75 Å². The monoisotopic (exact) mass is 485 g/mol. The van der Waals surface area contributed by atoms with Gasteiger partial charge >= 0.3 is 0 Å². The molecule has 0 bridgehead atoms. The molecule has 10 heteroatoms. The van der Waals surface area contributed by atoms with Crippen molar-refractivity contribution in [2.24, 2.45) is 0 Å². The van der Waals surface area contributed by atoms with Crippen molar-refractivity contribution in [2.75, 3.05) is 38.7 Å². The number of ether oxygens (including phenoxy) is 2. The summed E-state index contributed by atoms with van der Waals surface area (Å²) in [6.07, 6.45) is 3.54. The van der Waals surface area contributed by atoms with Gasteiger partial charge in [0.2, 0.25) is 21.8 Å². The van der Waals surface area contributed by atoms with Gasteiger partial charge in [0, 0.05) is 31.9 Å². The molecule has 2 amide bonds. The molecule has 0 spiro atoms. The summed E-state index contributed by atoms with van der Waals surface area (Å²) in [5, 5.41) is 2.78. The molecule has 0 unspecified atom stereocenters. The van der Waals surface area contributed by atoms with E-state index in [1.165, 1.54) is 35.4 Å². The van der Waals surface area contributed by atoms with Crippen molar-refractivity contribution >= 4 is 33.6 Å². The Labute approximate surface area is 199 Å². The highest BCUT2D eigenvalue weighted by Crippen LogP contribution is 2.34. The summed E-state index contributed by atoms with van der Waals surface area (Å²) in [5.41, 5.74) is 2.15. The topological polar surface area (TPSA) is 105 Å². The third kappa shape index (κ3) is 4.84. The molecule has 2 aliphatic rings. The van der Waals surface area contributed by atoms with Crippen LogP contribution in [0, 0.1) is 0 Å². The number of morpholine rings is 1. The zero-order valence-corrected chi connectivity index (χ0v) is 19.9. The number of rotatable bonds is 6. The number of carbonyl (C=O) groups is 2. The van der Waals surface area contributed by atoms with Gasteiger partial charge in [-0.3, -0.25) is 9.59 Å². The van der Waals surface area contributed by atoms with E-state index in [-0.39, 0.29) is 42.0 Å². The first kappa shape index (κ1) is 23.9. The molecule has 34 heavy (non-hydrogen) atoms. The predicted octanol–water partition coefficient (Wildman–Crippen LogP) is 2.62. The Morgan fingerprint density at radius 3 is 2.59 bits per heavy atom. The second-order valence-electron chi connectivity index (χ2n) is 8.02. The lowest BCUT2D eigenvalue weighted by Gasteiger charge is -2.32. The predicted molar refractivity (Wildman–Crippen MR) is 127 cm³/mol. The van der Waals surface area contributed by atoms with Crippen molar-refractivity contribution in [2.45, 2.75) is 24.3 Å². The van der Waals surface area contributed by atoms with Crippen molar-refractivity contribution in [3.63, 3.8) is 0 Å². The molecule has 4 rings (SSSR count). The fraction of sp³-hybridized carbons (Fsp3) is 0.333. The van der Waals surface area contributed by atoms with E-state index in [9.17, 15) is 18.0 Å². The van der Waals surface area contributed by atoms with E-state index in [1.54, 1.807) is 12.3 Å². The Bertz CT molecular complexity index is 1220. The maximum Gasteiger partial charge on any atom is 0.246 e. The van der Waals surface area contributed by atoms with Crippen LogP contribution in [0.15, 0.2) is 53.6 Å². The maximum absolute atomic E-state index is 13.2. The Balaban J connectivity index is 1.57. The summed E-state index contributed by atoms with van der Waals surface area (Å²) < 4.78 is 38.3. The number of benzene rings is 2. The summed E-state index contributed by atoms with van der Waals surface area (Å²) in [4.78, 5) is 26.7. The molecule has 2 aromatic rings. The summed E-state index contributed by atoms with van der Waals surface area (Å²) in [6.45, 7) is 2.59. The molecule has 2 heterocycles. The van der Waals surface area contributed by atoms with Gasteiger partial charge in [0.15, 0.2) is 0 Å². The number of carbonyl (C=O) groups excluding carboxylic acids is 2. The Kier molecular flexibility index (Phi) is 7.01. The van der Waals surface area contributed by atoms with Gasteiger partial charge in [0.25, 0.3) is 0 Å². The summed E-state index contributed by atoms with van der Waals surface area (Å²) in [6, 6.07) is 11.6. The van der Waals surface area contributed by atoms with Gasteiger partial charge in [-0.05, 0) is 35.4 Å². The van der Waals surface area contributed by atoms with Gasteiger partial charge in [-0.1, -0.05) is 24.3 Å². The average Bonchev–Trinajstić information content (AvgIpc) is 2.84. The van der Waals surface area contributed by atoms with Crippen LogP contribution >= 0.6 is 0 Å². The second-order valence-corrected chi connectivity index (χ2v) is 9.93. The highest BCUT2D eigenvalue weighted by atomic mass is 32.2. The van der Waals surface area contributed by atoms with E-state index in [1.807, 2.05) is 30.3 Å². The van der Waals surface area contributed by atoms with E-state index in [2.05, 4.69) is 5.32 Å². The lowest BCUT2D eigenvalue weighted by Crippen LogP contribution is -2.40. The number of methoxy groups -OCH3 is 1. The van der Waals surface area contributed by atoms with Crippen molar-refractivity contribution in [3.05, 3.63) is 59.8 Å². The second kappa shape index (κ2) is 9.96. The number of anilines is 1. The number of amides is 2. The molecular formula is C24H27N3O6S.